The minimum absolute atomic E-state index is 0.0552. The Labute approximate surface area is 133 Å². The lowest BCUT2D eigenvalue weighted by atomic mass is 10.1. The molecule has 3 nitrogen and oxygen atoms in total. The first-order valence-corrected chi connectivity index (χ1v) is 7.91. The summed E-state index contributed by atoms with van der Waals surface area (Å²) >= 11 is 3.69. The highest BCUT2D eigenvalue weighted by atomic mass is 79.9. The number of rotatable bonds is 4. The molecule has 2 atom stereocenters. The van der Waals surface area contributed by atoms with Crippen molar-refractivity contribution in [1.82, 2.24) is 0 Å². The van der Waals surface area contributed by atoms with Crippen LogP contribution in [0.25, 0.3) is 0 Å². The van der Waals surface area contributed by atoms with Crippen molar-refractivity contribution in [2.75, 3.05) is 19.8 Å². The molecule has 0 aromatic heterocycles. The van der Waals surface area contributed by atoms with E-state index in [9.17, 15) is 0 Å². The third-order valence-electron chi connectivity index (χ3n) is 3.35. The van der Waals surface area contributed by atoms with Gasteiger partial charge in [0.05, 0.1) is 30.8 Å². The van der Waals surface area contributed by atoms with Gasteiger partial charge in [0.1, 0.15) is 11.5 Å². The number of ether oxygens (including phenoxy) is 3. The highest BCUT2D eigenvalue weighted by molar-refractivity contribution is 9.09. The lowest BCUT2D eigenvalue weighted by Crippen LogP contribution is -2.31. The molecule has 2 unspecified atom stereocenters. The zero-order chi connectivity index (χ0) is 14.5. The van der Waals surface area contributed by atoms with E-state index < -0.39 is 0 Å². The van der Waals surface area contributed by atoms with Gasteiger partial charge in [0, 0.05) is 0 Å². The summed E-state index contributed by atoms with van der Waals surface area (Å²) in [4.78, 5) is 0.128. The van der Waals surface area contributed by atoms with Crippen molar-refractivity contribution < 1.29 is 14.2 Å². The van der Waals surface area contributed by atoms with Crippen molar-refractivity contribution in [3.05, 3.63) is 60.2 Å². The van der Waals surface area contributed by atoms with Crippen LogP contribution in [0.4, 0.5) is 0 Å². The van der Waals surface area contributed by atoms with E-state index in [1.165, 1.54) is 0 Å². The maximum atomic E-state index is 5.79. The fourth-order valence-corrected chi connectivity index (χ4v) is 2.84. The predicted octanol–water partition coefficient (Wildman–Crippen LogP) is 4.33. The summed E-state index contributed by atoms with van der Waals surface area (Å²) in [6.07, 6.45) is 0.0552. The highest BCUT2D eigenvalue weighted by Gasteiger charge is 2.24. The summed E-state index contributed by atoms with van der Waals surface area (Å²) in [6.45, 7) is 1.96. The predicted molar refractivity (Wildman–Crippen MR) is 85.2 cm³/mol. The van der Waals surface area contributed by atoms with Crippen LogP contribution in [-0.2, 0) is 9.47 Å². The van der Waals surface area contributed by atoms with Gasteiger partial charge in [-0.15, -0.1) is 0 Å². The molecular formula is C17H17BrO3. The van der Waals surface area contributed by atoms with E-state index in [4.69, 9.17) is 14.2 Å². The fourth-order valence-electron chi connectivity index (χ4n) is 2.23. The monoisotopic (exact) mass is 348 g/mol. The average Bonchev–Trinajstić information content (AvgIpc) is 2.57. The van der Waals surface area contributed by atoms with Gasteiger partial charge in [-0.05, 0) is 29.8 Å². The Balaban J connectivity index is 1.66. The van der Waals surface area contributed by atoms with Gasteiger partial charge in [0.15, 0.2) is 0 Å². The van der Waals surface area contributed by atoms with Gasteiger partial charge in [-0.1, -0.05) is 46.3 Å². The summed E-state index contributed by atoms with van der Waals surface area (Å²) in [5.74, 6) is 1.66. The number of alkyl halides is 1. The second-order valence-electron chi connectivity index (χ2n) is 4.87. The Hall–Kier alpha value is -1.36. The molecule has 2 aromatic rings. The van der Waals surface area contributed by atoms with Crippen LogP contribution in [0.3, 0.4) is 0 Å². The van der Waals surface area contributed by atoms with Gasteiger partial charge >= 0.3 is 0 Å². The minimum Gasteiger partial charge on any atom is -0.457 e. The van der Waals surface area contributed by atoms with Crippen molar-refractivity contribution >= 4 is 15.9 Å². The summed E-state index contributed by atoms with van der Waals surface area (Å²) in [5.41, 5.74) is 1.16. The summed E-state index contributed by atoms with van der Waals surface area (Å²) in [7, 11) is 0. The summed E-state index contributed by atoms with van der Waals surface area (Å²) < 4.78 is 17.0. The Kier molecular flexibility index (Phi) is 4.91. The number of benzene rings is 2. The van der Waals surface area contributed by atoms with E-state index in [1.807, 2.05) is 42.5 Å². The average molecular weight is 349 g/mol. The van der Waals surface area contributed by atoms with Crippen molar-refractivity contribution in [2.45, 2.75) is 10.9 Å². The SMILES string of the molecule is BrC(c1ccc(Oc2ccccc2)cc1)C1COCCO1. The zero-order valence-electron chi connectivity index (χ0n) is 11.6. The normalized spacial score (nSPS) is 20.0. The van der Waals surface area contributed by atoms with Gasteiger partial charge in [-0.2, -0.15) is 0 Å². The van der Waals surface area contributed by atoms with Gasteiger partial charge in [0.25, 0.3) is 0 Å². The molecule has 2 aromatic carbocycles. The number of halogens is 1. The molecule has 3 rings (SSSR count). The van der Waals surface area contributed by atoms with E-state index in [0.717, 1.165) is 17.1 Å². The second kappa shape index (κ2) is 7.07. The van der Waals surface area contributed by atoms with E-state index in [0.29, 0.717) is 19.8 Å². The first-order valence-electron chi connectivity index (χ1n) is 6.99. The van der Waals surface area contributed by atoms with Crippen LogP contribution in [0, 0.1) is 0 Å². The van der Waals surface area contributed by atoms with Crippen LogP contribution in [0.1, 0.15) is 10.4 Å². The Morgan fingerprint density at radius 2 is 1.67 bits per heavy atom. The molecule has 1 fully saturated rings. The molecule has 0 radical (unpaired) electrons. The van der Waals surface area contributed by atoms with Crippen LogP contribution in [0.15, 0.2) is 54.6 Å². The van der Waals surface area contributed by atoms with Crippen LogP contribution in [0.5, 0.6) is 11.5 Å². The molecule has 1 aliphatic heterocycles. The molecule has 21 heavy (non-hydrogen) atoms. The van der Waals surface area contributed by atoms with E-state index in [-0.39, 0.29) is 10.9 Å². The maximum absolute atomic E-state index is 5.79. The van der Waals surface area contributed by atoms with Crippen LogP contribution < -0.4 is 4.74 Å². The van der Waals surface area contributed by atoms with E-state index >= 15 is 0 Å². The van der Waals surface area contributed by atoms with Gasteiger partial charge in [-0.25, -0.2) is 0 Å². The second-order valence-corrected chi connectivity index (χ2v) is 5.86. The maximum Gasteiger partial charge on any atom is 0.127 e. The molecule has 0 saturated carbocycles. The molecule has 0 aliphatic carbocycles. The largest absolute Gasteiger partial charge is 0.457 e. The molecule has 0 spiro atoms. The number of hydrogen-bond donors (Lipinski definition) is 0. The third-order valence-corrected chi connectivity index (χ3v) is 4.46. The smallest absolute Gasteiger partial charge is 0.127 e. The standard InChI is InChI=1S/C17H17BrO3/c18-17(16-12-19-10-11-20-16)13-6-8-15(9-7-13)21-14-4-2-1-3-5-14/h1-9,16-17H,10-12H2. The minimum atomic E-state index is 0.0552. The summed E-state index contributed by atoms with van der Waals surface area (Å²) in [5, 5.41) is 0. The van der Waals surface area contributed by atoms with Gasteiger partial charge in [0.2, 0.25) is 0 Å². The zero-order valence-corrected chi connectivity index (χ0v) is 13.2. The lowest BCUT2D eigenvalue weighted by molar-refractivity contribution is -0.0876. The van der Waals surface area contributed by atoms with Crippen molar-refractivity contribution in [3.8, 4) is 11.5 Å². The first-order chi connectivity index (χ1) is 10.3. The van der Waals surface area contributed by atoms with Crippen LogP contribution in [-0.4, -0.2) is 25.9 Å². The van der Waals surface area contributed by atoms with E-state index in [2.05, 4.69) is 28.1 Å². The summed E-state index contributed by atoms with van der Waals surface area (Å²) in [6, 6.07) is 17.8. The molecule has 0 bridgehead atoms. The fraction of sp³-hybridized carbons (Fsp3) is 0.294. The van der Waals surface area contributed by atoms with Gasteiger partial charge < -0.3 is 14.2 Å². The van der Waals surface area contributed by atoms with Crippen molar-refractivity contribution in [3.63, 3.8) is 0 Å². The Morgan fingerprint density at radius 3 is 2.33 bits per heavy atom. The molecule has 0 amide bonds. The molecule has 1 heterocycles. The molecule has 4 heteroatoms. The van der Waals surface area contributed by atoms with Crippen LogP contribution >= 0.6 is 15.9 Å². The van der Waals surface area contributed by atoms with Crippen LogP contribution in [0.2, 0.25) is 0 Å². The third kappa shape index (κ3) is 3.84. The molecule has 1 aliphatic rings. The first kappa shape index (κ1) is 14.6. The Bertz CT molecular complexity index is 550. The topological polar surface area (TPSA) is 27.7 Å². The quantitative estimate of drug-likeness (QED) is 0.769. The lowest BCUT2D eigenvalue weighted by Gasteiger charge is -2.27. The van der Waals surface area contributed by atoms with Crippen molar-refractivity contribution in [1.29, 1.82) is 0 Å². The highest BCUT2D eigenvalue weighted by Crippen LogP contribution is 2.31. The number of hydrogen-bond acceptors (Lipinski definition) is 3. The molecule has 1 saturated heterocycles. The van der Waals surface area contributed by atoms with Crippen molar-refractivity contribution in [2.24, 2.45) is 0 Å². The van der Waals surface area contributed by atoms with Gasteiger partial charge in [-0.3, -0.25) is 0 Å². The number of para-hydroxylation sites is 1. The Morgan fingerprint density at radius 1 is 0.952 bits per heavy atom. The van der Waals surface area contributed by atoms with E-state index in [1.54, 1.807) is 0 Å². The molecular weight excluding hydrogens is 332 g/mol. The molecule has 110 valence electrons. The molecule has 0 N–H and O–H groups in total.